The highest BCUT2D eigenvalue weighted by Gasteiger charge is 2.07. The Morgan fingerprint density at radius 2 is 2.00 bits per heavy atom. The van der Waals surface area contributed by atoms with E-state index in [2.05, 4.69) is 15.0 Å². The number of rotatable bonds is 3. The Morgan fingerprint density at radius 1 is 1.22 bits per heavy atom. The van der Waals surface area contributed by atoms with Crippen molar-refractivity contribution in [1.82, 2.24) is 15.0 Å². The maximum atomic E-state index is 10.8. The molecular formula is C12H11N3O3. The van der Waals surface area contributed by atoms with Crippen LogP contribution in [0.1, 0.15) is 21.9 Å². The lowest BCUT2D eigenvalue weighted by Crippen LogP contribution is -1.99. The molecule has 2 aromatic heterocycles. The van der Waals surface area contributed by atoms with E-state index in [1.54, 1.807) is 13.0 Å². The molecule has 1 N–H and O–H groups in total. The van der Waals surface area contributed by atoms with Crippen molar-refractivity contribution < 1.29 is 14.6 Å². The summed E-state index contributed by atoms with van der Waals surface area (Å²) in [6.07, 6.45) is 2.69. The number of carbonyl (C=O) groups is 1. The molecule has 0 aliphatic heterocycles. The molecule has 0 aliphatic carbocycles. The monoisotopic (exact) mass is 245 g/mol. The lowest BCUT2D eigenvalue weighted by molar-refractivity contribution is 0.0696. The summed E-state index contributed by atoms with van der Waals surface area (Å²) in [7, 11) is 0. The van der Waals surface area contributed by atoms with Gasteiger partial charge in [-0.2, -0.15) is 4.98 Å². The summed E-state index contributed by atoms with van der Waals surface area (Å²) in [6, 6.07) is 3.06. The van der Waals surface area contributed by atoms with Crippen molar-refractivity contribution in [2.45, 2.75) is 13.8 Å². The quantitative estimate of drug-likeness (QED) is 0.889. The van der Waals surface area contributed by atoms with Crippen molar-refractivity contribution in [2.24, 2.45) is 0 Å². The Balaban J connectivity index is 2.28. The van der Waals surface area contributed by atoms with Crippen molar-refractivity contribution in [1.29, 1.82) is 0 Å². The minimum Gasteiger partial charge on any atom is -0.478 e. The predicted octanol–water partition coefficient (Wildman–Crippen LogP) is 1.98. The average Bonchev–Trinajstić information content (AvgIpc) is 2.27. The third-order valence-corrected chi connectivity index (χ3v) is 2.13. The second-order valence-electron chi connectivity index (χ2n) is 3.71. The largest absolute Gasteiger partial charge is 0.478 e. The van der Waals surface area contributed by atoms with Crippen LogP contribution in [0, 0.1) is 13.8 Å². The molecule has 0 unspecified atom stereocenters. The summed E-state index contributed by atoms with van der Waals surface area (Å²) < 4.78 is 5.45. The van der Waals surface area contributed by atoms with E-state index in [4.69, 9.17) is 9.84 Å². The number of aryl methyl sites for hydroxylation is 2. The van der Waals surface area contributed by atoms with E-state index >= 15 is 0 Å². The number of ether oxygens (including phenoxy) is 1. The van der Waals surface area contributed by atoms with Gasteiger partial charge in [0.2, 0.25) is 5.88 Å². The van der Waals surface area contributed by atoms with E-state index in [1.165, 1.54) is 18.5 Å². The third-order valence-electron chi connectivity index (χ3n) is 2.13. The molecule has 2 rings (SSSR count). The fraction of sp³-hybridized carbons (Fsp3) is 0.167. The van der Waals surface area contributed by atoms with Crippen LogP contribution >= 0.6 is 0 Å². The number of carboxylic acids is 1. The molecule has 0 saturated heterocycles. The van der Waals surface area contributed by atoms with Crippen LogP contribution in [0.3, 0.4) is 0 Å². The summed E-state index contributed by atoms with van der Waals surface area (Å²) in [4.78, 5) is 22.8. The van der Waals surface area contributed by atoms with Crippen LogP contribution in [-0.4, -0.2) is 26.0 Å². The second kappa shape index (κ2) is 4.79. The molecule has 0 radical (unpaired) electrons. The molecule has 92 valence electrons. The maximum absolute atomic E-state index is 10.8. The molecule has 0 fully saturated rings. The van der Waals surface area contributed by atoms with Crippen LogP contribution < -0.4 is 4.74 Å². The van der Waals surface area contributed by atoms with Gasteiger partial charge in [-0.1, -0.05) is 0 Å². The zero-order valence-corrected chi connectivity index (χ0v) is 9.91. The van der Waals surface area contributed by atoms with E-state index in [9.17, 15) is 4.79 Å². The Hall–Kier alpha value is -2.50. The second-order valence-corrected chi connectivity index (χ2v) is 3.71. The van der Waals surface area contributed by atoms with Gasteiger partial charge in [0.25, 0.3) is 0 Å². The number of pyridine rings is 1. The Kier molecular flexibility index (Phi) is 3.18. The Labute approximate surface area is 103 Å². The van der Waals surface area contributed by atoms with E-state index < -0.39 is 5.97 Å². The molecular weight excluding hydrogens is 234 g/mol. The highest BCUT2D eigenvalue weighted by Crippen LogP contribution is 2.19. The van der Waals surface area contributed by atoms with E-state index in [0.717, 1.165) is 5.69 Å². The molecule has 0 saturated carbocycles. The maximum Gasteiger partial charge on any atom is 0.337 e. The first-order valence-electron chi connectivity index (χ1n) is 5.23. The van der Waals surface area contributed by atoms with Gasteiger partial charge >= 0.3 is 5.97 Å². The topological polar surface area (TPSA) is 85.2 Å². The average molecular weight is 245 g/mol. The Bertz CT molecular complexity index is 579. The number of hydrogen-bond donors (Lipinski definition) is 1. The van der Waals surface area contributed by atoms with Gasteiger partial charge in [0.1, 0.15) is 11.6 Å². The van der Waals surface area contributed by atoms with Gasteiger partial charge in [0.15, 0.2) is 0 Å². The molecule has 6 nitrogen and oxygen atoms in total. The number of nitrogens with zero attached hydrogens (tertiary/aromatic N) is 3. The Morgan fingerprint density at radius 3 is 2.67 bits per heavy atom. The summed E-state index contributed by atoms with van der Waals surface area (Å²) in [5, 5.41) is 8.84. The fourth-order valence-corrected chi connectivity index (χ4v) is 1.45. The summed E-state index contributed by atoms with van der Waals surface area (Å²) in [6.45, 7) is 3.58. The van der Waals surface area contributed by atoms with Gasteiger partial charge in [-0.25, -0.2) is 9.78 Å². The third kappa shape index (κ3) is 2.79. The zero-order chi connectivity index (χ0) is 13.1. The first-order chi connectivity index (χ1) is 8.54. The van der Waals surface area contributed by atoms with Crippen LogP contribution in [0.5, 0.6) is 11.6 Å². The van der Waals surface area contributed by atoms with Crippen molar-refractivity contribution in [3.05, 3.63) is 41.6 Å². The number of hydrogen-bond acceptors (Lipinski definition) is 5. The molecule has 18 heavy (non-hydrogen) atoms. The molecule has 6 heteroatoms. The first kappa shape index (κ1) is 12.0. The molecule has 0 aliphatic rings. The van der Waals surface area contributed by atoms with Gasteiger partial charge < -0.3 is 9.84 Å². The van der Waals surface area contributed by atoms with Crippen LogP contribution in [0.4, 0.5) is 0 Å². The number of aromatic carboxylic acids is 1. The zero-order valence-electron chi connectivity index (χ0n) is 9.91. The first-order valence-corrected chi connectivity index (χ1v) is 5.23. The molecule has 0 amide bonds. The minimum atomic E-state index is -1.05. The molecule has 2 heterocycles. The molecule has 2 aromatic rings. The minimum absolute atomic E-state index is 0.0648. The van der Waals surface area contributed by atoms with Crippen molar-refractivity contribution in [3.63, 3.8) is 0 Å². The van der Waals surface area contributed by atoms with E-state index in [-0.39, 0.29) is 5.56 Å². The van der Waals surface area contributed by atoms with E-state index in [0.29, 0.717) is 17.5 Å². The SMILES string of the molecule is Cc1cc(Oc2cncc(C(=O)O)c2)nc(C)n1. The normalized spacial score (nSPS) is 10.1. The van der Waals surface area contributed by atoms with Gasteiger partial charge in [-0.15, -0.1) is 0 Å². The molecule has 0 bridgehead atoms. The molecule has 0 spiro atoms. The van der Waals surface area contributed by atoms with Gasteiger partial charge in [0, 0.05) is 18.0 Å². The van der Waals surface area contributed by atoms with Crippen molar-refractivity contribution >= 4 is 5.97 Å². The highest BCUT2D eigenvalue weighted by molar-refractivity contribution is 5.87. The van der Waals surface area contributed by atoms with Crippen molar-refractivity contribution in [3.8, 4) is 11.6 Å². The summed E-state index contributed by atoms with van der Waals surface area (Å²) in [5.74, 6) is 0.229. The van der Waals surface area contributed by atoms with Crippen molar-refractivity contribution in [2.75, 3.05) is 0 Å². The summed E-state index contributed by atoms with van der Waals surface area (Å²) in [5.41, 5.74) is 0.842. The number of carboxylic acid groups (broad SMARTS) is 1. The standard InChI is InChI=1S/C12H11N3O3/c1-7-3-11(15-8(2)14-7)18-10-4-9(12(16)17)5-13-6-10/h3-6H,1-2H3,(H,16,17). The van der Waals surface area contributed by atoms with Crippen LogP contribution in [0.25, 0.3) is 0 Å². The fourth-order valence-electron chi connectivity index (χ4n) is 1.45. The summed E-state index contributed by atoms with van der Waals surface area (Å²) >= 11 is 0. The lowest BCUT2D eigenvalue weighted by Gasteiger charge is -2.06. The predicted molar refractivity (Wildman–Crippen MR) is 62.8 cm³/mol. The molecule has 0 aromatic carbocycles. The molecule has 0 atom stereocenters. The smallest absolute Gasteiger partial charge is 0.337 e. The lowest BCUT2D eigenvalue weighted by atomic mass is 10.3. The van der Waals surface area contributed by atoms with Gasteiger partial charge in [-0.05, 0) is 19.9 Å². The van der Waals surface area contributed by atoms with Crippen LogP contribution in [0.2, 0.25) is 0 Å². The van der Waals surface area contributed by atoms with Crippen LogP contribution in [0.15, 0.2) is 24.5 Å². The van der Waals surface area contributed by atoms with Gasteiger partial charge in [0.05, 0.1) is 11.8 Å². The van der Waals surface area contributed by atoms with Gasteiger partial charge in [-0.3, -0.25) is 4.98 Å². The highest BCUT2D eigenvalue weighted by atomic mass is 16.5. The van der Waals surface area contributed by atoms with E-state index in [1.807, 2.05) is 6.92 Å². The number of aromatic nitrogens is 3. The van der Waals surface area contributed by atoms with Crippen LogP contribution in [-0.2, 0) is 0 Å².